The molecule has 0 saturated carbocycles. The minimum Gasteiger partial charge on any atom is -0.495 e. The van der Waals surface area contributed by atoms with Crippen molar-refractivity contribution in [3.63, 3.8) is 0 Å². The van der Waals surface area contributed by atoms with Crippen LogP contribution in [0.15, 0.2) is 30.7 Å². The lowest BCUT2D eigenvalue weighted by molar-refractivity contribution is -0.121. The molecular formula is C22H32N4O2. The molecule has 2 aromatic rings. The first-order chi connectivity index (χ1) is 13.5. The predicted molar refractivity (Wildman–Crippen MR) is 112 cm³/mol. The third kappa shape index (κ3) is 4.93. The third-order valence-electron chi connectivity index (χ3n) is 5.53. The molecule has 2 heterocycles. The number of imidazole rings is 1. The lowest BCUT2D eigenvalue weighted by Gasteiger charge is -2.30. The summed E-state index contributed by atoms with van der Waals surface area (Å²) in [7, 11) is 1.64. The summed E-state index contributed by atoms with van der Waals surface area (Å²) in [5, 5.41) is 3.06. The van der Waals surface area contributed by atoms with Crippen molar-refractivity contribution in [3.05, 3.63) is 42.0 Å². The van der Waals surface area contributed by atoms with E-state index in [4.69, 9.17) is 4.74 Å². The molecule has 152 valence electrons. The molecule has 1 fully saturated rings. The maximum atomic E-state index is 12.7. The van der Waals surface area contributed by atoms with Gasteiger partial charge in [-0.1, -0.05) is 13.0 Å². The number of methoxy groups -OCH3 is 1. The van der Waals surface area contributed by atoms with Crippen LogP contribution in [0.3, 0.4) is 0 Å². The Kier molecular flexibility index (Phi) is 6.73. The molecule has 1 aromatic heterocycles. The van der Waals surface area contributed by atoms with Gasteiger partial charge in [0.05, 0.1) is 24.8 Å². The molecule has 1 aliphatic heterocycles. The molecule has 0 aliphatic carbocycles. The van der Waals surface area contributed by atoms with Crippen LogP contribution in [0.25, 0.3) is 0 Å². The lowest BCUT2D eigenvalue weighted by atomic mass is 9.95. The molecule has 0 unspecified atom stereocenters. The normalized spacial score (nSPS) is 15.8. The number of benzene rings is 1. The van der Waals surface area contributed by atoms with Crippen molar-refractivity contribution in [1.82, 2.24) is 14.5 Å². The Hall–Kier alpha value is -2.34. The Morgan fingerprint density at radius 1 is 1.32 bits per heavy atom. The van der Waals surface area contributed by atoms with Crippen molar-refractivity contribution in [2.24, 2.45) is 5.92 Å². The number of nitrogens with one attached hydrogen (secondary N) is 1. The number of rotatable bonds is 7. The van der Waals surface area contributed by atoms with Gasteiger partial charge in [-0.15, -0.1) is 0 Å². The molecule has 1 amide bonds. The van der Waals surface area contributed by atoms with E-state index in [0.717, 1.165) is 56.0 Å². The standard InChI is InChI=1S/C22H32N4O2/c1-5-17-6-7-20(21(12-17)28-4)24-22(27)18-8-10-25(11-9-18)13-19-14-26(15-23-19)16(2)3/h6-7,12,14-16,18H,5,8-11,13H2,1-4H3,(H,24,27). The average molecular weight is 385 g/mol. The van der Waals surface area contributed by atoms with Gasteiger partial charge in [-0.25, -0.2) is 4.98 Å². The van der Waals surface area contributed by atoms with Crippen LogP contribution in [0.5, 0.6) is 5.75 Å². The van der Waals surface area contributed by atoms with Crippen molar-refractivity contribution in [3.8, 4) is 5.75 Å². The summed E-state index contributed by atoms with van der Waals surface area (Å²) in [6.07, 6.45) is 6.70. The van der Waals surface area contributed by atoms with Crippen LogP contribution in [0.1, 0.15) is 50.9 Å². The zero-order valence-corrected chi connectivity index (χ0v) is 17.4. The number of hydrogen-bond donors (Lipinski definition) is 1. The van der Waals surface area contributed by atoms with Crippen molar-refractivity contribution in [2.75, 3.05) is 25.5 Å². The number of carbonyl (C=O) groups excluding carboxylic acids is 1. The van der Waals surface area contributed by atoms with E-state index in [9.17, 15) is 4.79 Å². The number of hydrogen-bond acceptors (Lipinski definition) is 4. The van der Waals surface area contributed by atoms with Gasteiger partial charge in [0.15, 0.2) is 0 Å². The second-order valence-electron chi connectivity index (χ2n) is 7.83. The highest BCUT2D eigenvalue weighted by Crippen LogP contribution is 2.28. The highest BCUT2D eigenvalue weighted by molar-refractivity contribution is 5.94. The second kappa shape index (κ2) is 9.24. The molecule has 1 saturated heterocycles. The maximum absolute atomic E-state index is 12.7. The van der Waals surface area contributed by atoms with Crippen LogP contribution in [0.4, 0.5) is 5.69 Å². The van der Waals surface area contributed by atoms with Crippen LogP contribution < -0.4 is 10.1 Å². The summed E-state index contributed by atoms with van der Waals surface area (Å²) >= 11 is 0. The second-order valence-corrected chi connectivity index (χ2v) is 7.83. The molecule has 0 spiro atoms. The fourth-order valence-corrected chi connectivity index (χ4v) is 3.62. The number of ether oxygens (including phenoxy) is 1. The first-order valence-electron chi connectivity index (χ1n) is 10.2. The van der Waals surface area contributed by atoms with Crippen molar-refractivity contribution in [2.45, 2.75) is 52.6 Å². The van der Waals surface area contributed by atoms with Crippen LogP contribution >= 0.6 is 0 Å². The zero-order chi connectivity index (χ0) is 20.1. The minimum absolute atomic E-state index is 0.0417. The van der Waals surface area contributed by atoms with E-state index in [1.54, 1.807) is 7.11 Å². The number of piperidine rings is 1. The number of carbonyl (C=O) groups is 1. The monoisotopic (exact) mass is 384 g/mol. The summed E-state index contributed by atoms with van der Waals surface area (Å²) in [4.78, 5) is 19.6. The topological polar surface area (TPSA) is 59.4 Å². The van der Waals surface area contributed by atoms with Crippen molar-refractivity contribution in [1.29, 1.82) is 0 Å². The van der Waals surface area contributed by atoms with Gasteiger partial charge < -0.3 is 14.6 Å². The Morgan fingerprint density at radius 2 is 2.07 bits per heavy atom. The van der Waals surface area contributed by atoms with E-state index in [1.165, 1.54) is 5.56 Å². The molecule has 6 nitrogen and oxygen atoms in total. The Balaban J connectivity index is 1.52. The van der Waals surface area contributed by atoms with Gasteiger partial charge in [0, 0.05) is 24.7 Å². The predicted octanol–water partition coefficient (Wildman–Crippen LogP) is 3.89. The highest BCUT2D eigenvalue weighted by Gasteiger charge is 2.26. The van der Waals surface area contributed by atoms with E-state index < -0.39 is 0 Å². The van der Waals surface area contributed by atoms with Gasteiger partial charge in [-0.05, 0) is 63.9 Å². The van der Waals surface area contributed by atoms with Crippen LogP contribution in [0, 0.1) is 5.92 Å². The fourth-order valence-electron chi connectivity index (χ4n) is 3.62. The maximum Gasteiger partial charge on any atom is 0.227 e. The van der Waals surface area contributed by atoms with Gasteiger partial charge in [-0.2, -0.15) is 0 Å². The molecule has 0 bridgehead atoms. The summed E-state index contributed by atoms with van der Waals surface area (Å²) < 4.78 is 7.58. The number of amides is 1. The van der Waals surface area contributed by atoms with E-state index in [0.29, 0.717) is 6.04 Å². The molecule has 28 heavy (non-hydrogen) atoms. The number of nitrogens with zero attached hydrogens (tertiary/aromatic N) is 3. The Morgan fingerprint density at radius 3 is 2.68 bits per heavy atom. The third-order valence-corrected chi connectivity index (χ3v) is 5.53. The minimum atomic E-state index is 0.0417. The van der Waals surface area contributed by atoms with E-state index >= 15 is 0 Å². The van der Waals surface area contributed by atoms with Gasteiger partial charge in [0.1, 0.15) is 5.75 Å². The van der Waals surface area contributed by atoms with Crippen LogP contribution in [-0.4, -0.2) is 40.6 Å². The molecule has 0 atom stereocenters. The van der Waals surface area contributed by atoms with E-state index in [1.807, 2.05) is 24.5 Å². The number of aryl methyl sites for hydroxylation is 1. The van der Waals surface area contributed by atoms with Gasteiger partial charge in [0.25, 0.3) is 0 Å². The smallest absolute Gasteiger partial charge is 0.227 e. The molecule has 1 aromatic carbocycles. The van der Waals surface area contributed by atoms with Crippen LogP contribution in [-0.2, 0) is 17.8 Å². The van der Waals surface area contributed by atoms with Gasteiger partial charge in [0.2, 0.25) is 5.91 Å². The van der Waals surface area contributed by atoms with Crippen LogP contribution in [0.2, 0.25) is 0 Å². The summed E-state index contributed by atoms with van der Waals surface area (Å²) in [5.41, 5.74) is 3.05. The SMILES string of the molecule is CCc1ccc(NC(=O)C2CCN(Cc3cn(C(C)C)cn3)CC2)c(OC)c1. The number of likely N-dealkylation sites (tertiary alicyclic amines) is 1. The molecular weight excluding hydrogens is 352 g/mol. The largest absolute Gasteiger partial charge is 0.495 e. The number of anilines is 1. The van der Waals surface area contributed by atoms with E-state index in [2.05, 4.69) is 46.7 Å². The van der Waals surface area contributed by atoms with Gasteiger partial charge in [-0.3, -0.25) is 9.69 Å². The Labute approximate surface area is 167 Å². The molecule has 6 heteroatoms. The first kappa shape index (κ1) is 20.4. The van der Waals surface area contributed by atoms with Crippen molar-refractivity contribution < 1.29 is 9.53 Å². The summed E-state index contributed by atoms with van der Waals surface area (Å²) in [6, 6.07) is 6.40. The highest BCUT2D eigenvalue weighted by atomic mass is 16.5. The number of aromatic nitrogens is 2. The molecule has 0 radical (unpaired) electrons. The van der Waals surface area contributed by atoms with Gasteiger partial charge >= 0.3 is 0 Å². The first-order valence-corrected chi connectivity index (χ1v) is 10.2. The van der Waals surface area contributed by atoms with E-state index in [-0.39, 0.29) is 11.8 Å². The lowest BCUT2D eigenvalue weighted by Crippen LogP contribution is -2.37. The summed E-state index contributed by atoms with van der Waals surface area (Å²) in [6.45, 7) is 9.09. The fraction of sp³-hybridized carbons (Fsp3) is 0.545. The average Bonchev–Trinajstić information content (AvgIpc) is 3.17. The molecule has 1 aliphatic rings. The summed E-state index contributed by atoms with van der Waals surface area (Å²) in [5.74, 6) is 0.859. The molecule has 1 N–H and O–H groups in total. The van der Waals surface area contributed by atoms with Crippen molar-refractivity contribution >= 4 is 11.6 Å². The zero-order valence-electron chi connectivity index (χ0n) is 17.4. The quantitative estimate of drug-likeness (QED) is 0.787. The Bertz CT molecular complexity index is 792. The molecule has 3 rings (SSSR count).